The van der Waals surface area contributed by atoms with Gasteiger partial charge in [0.05, 0.1) is 19.3 Å². The second kappa shape index (κ2) is 10.4. The van der Waals surface area contributed by atoms with E-state index in [1.807, 2.05) is 11.8 Å². The van der Waals surface area contributed by atoms with Crippen molar-refractivity contribution in [3.05, 3.63) is 137 Å². The van der Waals surface area contributed by atoms with E-state index in [2.05, 4.69) is 140 Å². The summed E-state index contributed by atoms with van der Waals surface area (Å²) in [5.74, 6) is 0. The molecule has 5 aromatic carbocycles. The number of hydrogen-bond acceptors (Lipinski definition) is 1. The fraction of sp³-hybridized carbons (Fsp3) is 0.238. The molecule has 0 spiro atoms. The third-order valence-electron chi connectivity index (χ3n) is 11.3. The average molecular weight is 630 g/mol. The minimum absolute atomic E-state index is 0.212. The number of fused-ring (bicyclic) bond motifs is 7. The minimum Gasteiger partial charge on any atom is -0.312 e. The molecule has 0 N–H and O–H groups in total. The van der Waals surface area contributed by atoms with Crippen molar-refractivity contribution < 1.29 is 0 Å². The number of hydrogen-bond donors (Lipinski definition) is 0. The van der Waals surface area contributed by atoms with Gasteiger partial charge in [0.25, 0.3) is 0 Å². The van der Waals surface area contributed by atoms with Gasteiger partial charge in [-0.15, -0.1) is 0 Å². The normalized spacial score (nSPS) is 18.1. The molecule has 4 heteroatoms. The summed E-state index contributed by atoms with van der Waals surface area (Å²) in [6, 6.07) is 42.5. The van der Waals surface area contributed by atoms with E-state index in [1.54, 1.807) is 10.8 Å². The van der Waals surface area contributed by atoms with Crippen LogP contribution in [0.25, 0.3) is 16.6 Å². The molecule has 0 bridgehead atoms. The van der Waals surface area contributed by atoms with Crippen molar-refractivity contribution >= 4 is 59.0 Å². The van der Waals surface area contributed by atoms with Crippen LogP contribution >= 0.6 is 11.8 Å². The predicted molar refractivity (Wildman–Crippen MR) is 201 cm³/mol. The third-order valence-corrected chi connectivity index (χ3v) is 14.5. The molecule has 3 aliphatic rings. The molecule has 0 saturated carbocycles. The molecular weight excluding hydrogens is 589 g/mol. The molecule has 1 nitrogen and oxygen atoms in total. The highest BCUT2D eigenvalue weighted by Gasteiger charge is 2.49. The van der Waals surface area contributed by atoms with Crippen LogP contribution in [0, 0.1) is 0 Å². The lowest BCUT2D eigenvalue weighted by molar-refractivity contribution is 0.596. The van der Waals surface area contributed by atoms with E-state index in [9.17, 15) is 0 Å². The largest absolute Gasteiger partial charge is 0.312 e. The lowest BCUT2D eigenvalue weighted by Crippen LogP contribution is -2.64. The first kappa shape index (κ1) is 28.5. The Morgan fingerprint density at radius 2 is 1.52 bits per heavy atom. The molecule has 0 fully saturated rings. The molecule has 1 aromatic heterocycles. The number of aromatic nitrogens is 1. The van der Waals surface area contributed by atoms with Gasteiger partial charge in [-0.25, -0.2) is 0 Å². The van der Waals surface area contributed by atoms with E-state index in [-0.39, 0.29) is 12.1 Å². The van der Waals surface area contributed by atoms with Crippen LogP contribution in [0.3, 0.4) is 0 Å². The van der Waals surface area contributed by atoms with Gasteiger partial charge in [0.15, 0.2) is 0 Å². The quantitative estimate of drug-likeness (QED) is 0.178. The first-order valence-corrected chi connectivity index (χ1v) is 21.5. The molecule has 46 heavy (non-hydrogen) atoms. The minimum atomic E-state index is -1.55. The Morgan fingerprint density at radius 3 is 2.35 bits per heavy atom. The second-order valence-electron chi connectivity index (χ2n) is 14.6. The summed E-state index contributed by atoms with van der Waals surface area (Å²) in [5, 5.41) is 2.99. The summed E-state index contributed by atoms with van der Waals surface area (Å²) in [6.45, 7) is 10.1. The summed E-state index contributed by atoms with van der Waals surface area (Å²) in [7, 11) is -1.55. The van der Waals surface area contributed by atoms with Gasteiger partial charge in [-0.3, -0.25) is 0 Å². The predicted octanol–water partition coefficient (Wildman–Crippen LogP) is 8.09. The highest BCUT2D eigenvalue weighted by molar-refractivity contribution is 8.00. The molecule has 1 aliphatic carbocycles. The number of nitrogens with zero attached hydrogens (tertiary/aromatic N) is 1. The molecule has 226 valence electrons. The van der Waals surface area contributed by atoms with Gasteiger partial charge in [0.2, 0.25) is 6.71 Å². The Labute approximate surface area is 279 Å². The van der Waals surface area contributed by atoms with Gasteiger partial charge >= 0.3 is 0 Å². The first-order chi connectivity index (χ1) is 22.4. The van der Waals surface area contributed by atoms with Crippen molar-refractivity contribution in [1.82, 2.24) is 4.57 Å². The summed E-state index contributed by atoms with van der Waals surface area (Å²) in [6.07, 6.45) is 5.90. The van der Waals surface area contributed by atoms with Crippen molar-refractivity contribution in [3.63, 3.8) is 0 Å². The molecule has 1 atom stereocenters. The highest BCUT2D eigenvalue weighted by atomic mass is 32.2. The number of para-hydroxylation sites is 1. The Kier molecular flexibility index (Phi) is 6.43. The Bertz CT molecular complexity index is 2170. The zero-order valence-corrected chi connectivity index (χ0v) is 29.2. The summed E-state index contributed by atoms with van der Waals surface area (Å²) in [5.41, 5.74) is 14.5. The van der Waals surface area contributed by atoms with E-state index in [0.29, 0.717) is 0 Å². The smallest absolute Gasteiger partial charge is 0.245 e. The standard InChI is InChI=1S/C42H40BNSSi/c1-5-42(28-15-7-6-8-16-28)32-24-26-38(44-36-20-12-9-17-30(36)31-18-10-13-21-37(31)44)41-40(32)43(35-19-11-14-22-39(35)45-41)34-25-23-29(27-33(34)42)46(2,3)4/h6-9,11-12,14-17,19-20,22-27H,5,10,13,18,21H2,1-4H3. The van der Waals surface area contributed by atoms with Crippen molar-refractivity contribution in [2.75, 3.05) is 0 Å². The molecule has 9 rings (SSSR count). The monoisotopic (exact) mass is 629 g/mol. The van der Waals surface area contributed by atoms with Crippen LogP contribution in [-0.2, 0) is 18.3 Å². The molecular formula is C42H40BNSSi. The van der Waals surface area contributed by atoms with Crippen molar-refractivity contribution in [2.45, 2.75) is 73.9 Å². The van der Waals surface area contributed by atoms with Crippen LogP contribution in [0.4, 0.5) is 0 Å². The van der Waals surface area contributed by atoms with E-state index >= 15 is 0 Å². The molecule has 1 unspecified atom stereocenters. The Balaban J connectivity index is 1.42. The molecule has 2 aliphatic heterocycles. The van der Waals surface area contributed by atoms with Crippen molar-refractivity contribution in [3.8, 4) is 5.69 Å². The maximum Gasteiger partial charge on any atom is 0.245 e. The summed E-state index contributed by atoms with van der Waals surface area (Å²) in [4.78, 5) is 2.84. The van der Waals surface area contributed by atoms with Crippen LogP contribution in [0.15, 0.2) is 119 Å². The van der Waals surface area contributed by atoms with Gasteiger partial charge in [0, 0.05) is 26.3 Å². The number of aryl methyl sites for hydroxylation is 1. The summed E-state index contributed by atoms with van der Waals surface area (Å²) < 4.78 is 2.66. The third kappa shape index (κ3) is 3.90. The highest BCUT2D eigenvalue weighted by Crippen LogP contribution is 2.48. The number of rotatable bonds is 4. The first-order valence-electron chi connectivity index (χ1n) is 17.2. The van der Waals surface area contributed by atoms with E-state index in [1.165, 1.54) is 84.4 Å². The van der Waals surface area contributed by atoms with E-state index in [0.717, 1.165) is 12.8 Å². The number of benzene rings is 5. The Hall–Kier alpha value is -3.73. The summed E-state index contributed by atoms with van der Waals surface area (Å²) >= 11 is 2.01. The van der Waals surface area contributed by atoms with Crippen molar-refractivity contribution in [2.24, 2.45) is 0 Å². The molecule has 0 radical (unpaired) electrons. The van der Waals surface area contributed by atoms with E-state index < -0.39 is 8.07 Å². The molecule has 0 saturated heterocycles. The second-order valence-corrected chi connectivity index (χ2v) is 20.7. The van der Waals surface area contributed by atoms with Crippen molar-refractivity contribution in [1.29, 1.82) is 0 Å². The average Bonchev–Trinajstić information content (AvgIpc) is 3.42. The zero-order chi connectivity index (χ0) is 31.2. The maximum absolute atomic E-state index is 2.66. The van der Waals surface area contributed by atoms with Crippen LogP contribution in [0.5, 0.6) is 0 Å². The fourth-order valence-electron chi connectivity index (χ4n) is 9.11. The van der Waals surface area contributed by atoms with Crippen LogP contribution in [0.1, 0.15) is 54.1 Å². The van der Waals surface area contributed by atoms with Gasteiger partial charge in [0.1, 0.15) is 0 Å². The SMILES string of the molecule is CCC1(c2ccccc2)c2cc([Si](C)(C)C)ccc2B2c3ccccc3Sc3c(-n4c5c(c6ccccc64)CCCC5)ccc1c32. The lowest BCUT2D eigenvalue weighted by Gasteiger charge is -2.46. The van der Waals surface area contributed by atoms with Gasteiger partial charge in [-0.1, -0.05) is 145 Å². The van der Waals surface area contributed by atoms with Gasteiger partial charge in [-0.2, -0.15) is 0 Å². The van der Waals surface area contributed by atoms with Crippen LogP contribution in [0.2, 0.25) is 19.6 Å². The zero-order valence-electron chi connectivity index (χ0n) is 27.4. The maximum atomic E-state index is 2.66. The molecule has 3 heterocycles. The molecule has 6 aromatic rings. The topological polar surface area (TPSA) is 4.93 Å². The van der Waals surface area contributed by atoms with E-state index in [4.69, 9.17) is 0 Å². The van der Waals surface area contributed by atoms with Gasteiger partial charge in [-0.05, 0) is 78.0 Å². The van der Waals surface area contributed by atoms with Gasteiger partial charge < -0.3 is 4.57 Å². The fourth-order valence-corrected chi connectivity index (χ4v) is 11.5. The Morgan fingerprint density at radius 1 is 0.761 bits per heavy atom. The molecule has 0 amide bonds. The van der Waals surface area contributed by atoms with Crippen LogP contribution < -0.4 is 21.6 Å². The van der Waals surface area contributed by atoms with Crippen LogP contribution in [-0.4, -0.2) is 19.4 Å². The lowest BCUT2D eigenvalue weighted by atomic mass is 9.30.